The molecule has 0 aliphatic carbocycles. The fourth-order valence-electron chi connectivity index (χ4n) is 4.11. The van der Waals surface area contributed by atoms with Crippen molar-refractivity contribution >= 4 is 29.2 Å². The Labute approximate surface area is 188 Å². The average molecular weight is 455 g/mol. The Morgan fingerprint density at radius 1 is 1.12 bits per heavy atom. The molecule has 4 rings (SSSR count). The first-order valence-corrected chi connectivity index (χ1v) is 10.4. The maximum Gasteiger partial charge on any atom is 0.325 e. The second-order valence-corrected chi connectivity index (χ2v) is 8.07. The number of nitrogens with one attached hydrogen (secondary N) is 1. The topological polar surface area (TPSA) is 116 Å². The molecular formula is C22H22FN5O5. The molecule has 1 atom stereocenters. The van der Waals surface area contributed by atoms with Crippen LogP contribution in [0, 0.1) is 15.9 Å². The lowest BCUT2D eigenvalue weighted by Gasteiger charge is -2.36. The summed E-state index contributed by atoms with van der Waals surface area (Å²) >= 11 is 0. The first-order valence-electron chi connectivity index (χ1n) is 10.4. The van der Waals surface area contributed by atoms with Gasteiger partial charge in [-0.05, 0) is 24.6 Å². The van der Waals surface area contributed by atoms with Crippen molar-refractivity contribution in [2.75, 3.05) is 37.6 Å². The number of nitro benzene ring substituents is 1. The number of non-ortho nitro benzene ring substituents is 1. The monoisotopic (exact) mass is 455 g/mol. The average Bonchev–Trinajstić information content (AvgIpc) is 3.03. The van der Waals surface area contributed by atoms with Gasteiger partial charge in [-0.3, -0.25) is 24.6 Å². The van der Waals surface area contributed by atoms with Crippen molar-refractivity contribution in [3.05, 3.63) is 70.0 Å². The lowest BCUT2D eigenvalue weighted by molar-refractivity contribution is -0.385. The Morgan fingerprint density at radius 3 is 2.48 bits per heavy atom. The molecule has 10 nitrogen and oxygen atoms in total. The molecule has 2 fully saturated rings. The lowest BCUT2D eigenvalue weighted by atomic mass is 9.91. The van der Waals surface area contributed by atoms with Crippen molar-refractivity contribution in [1.29, 1.82) is 0 Å². The van der Waals surface area contributed by atoms with Crippen molar-refractivity contribution in [2.45, 2.75) is 12.5 Å². The number of nitrogens with zero attached hydrogens (tertiary/aromatic N) is 4. The molecule has 0 spiro atoms. The van der Waals surface area contributed by atoms with E-state index in [9.17, 15) is 28.9 Å². The number of para-hydroxylation sites is 1. The van der Waals surface area contributed by atoms with Crippen LogP contribution in [0.15, 0.2) is 48.5 Å². The predicted molar refractivity (Wildman–Crippen MR) is 116 cm³/mol. The molecule has 2 heterocycles. The molecule has 2 aromatic rings. The Kier molecular flexibility index (Phi) is 5.71. The Balaban J connectivity index is 1.42. The standard InChI is InChI=1S/C22H22FN5O5/c1-22(15-5-4-6-16(13-15)28(32)33)20(30)27(21(31)24-22)14-19(29)26-11-9-25(10-12-26)18-8-3-2-7-17(18)23/h2-8,13H,9-12,14H2,1H3,(H,24,31). The van der Waals surface area contributed by atoms with Gasteiger partial charge in [-0.15, -0.1) is 0 Å². The molecule has 2 aromatic carbocycles. The molecule has 4 amide bonds. The maximum atomic E-state index is 14.0. The molecule has 11 heteroatoms. The van der Waals surface area contributed by atoms with Crippen LogP contribution in [0.4, 0.5) is 20.6 Å². The summed E-state index contributed by atoms with van der Waals surface area (Å²) < 4.78 is 14.0. The zero-order valence-electron chi connectivity index (χ0n) is 17.9. The Morgan fingerprint density at radius 2 is 1.82 bits per heavy atom. The number of piperazine rings is 1. The fraction of sp³-hybridized carbons (Fsp3) is 0.318. The van der Waals surface area contributed by atoms with E-state index in [4.69, 9.17) is 0 Å². The van der Waals surface area contributed by atoms with E-state index in [0.717, 1.165) is 4.90 Å². The van der Waals surface area contributed by atoms with Crippen molar-refractivity contribution in [2.24, 2.45) is 0 Å². The highest BCUT2D eigenvalue weighted by molar-refractivity contribution is 6.09. The van der Waals surface area contributed by atoms with Gasteiger partial charge in [-0.25, -0.2) is 9.18 Å². The number of nitro groups is 1. The molecule has 2 aliphatic rings. The van der Waals surface area contributed by atoms with E-state index in [1.165, 1.54) is 42.2 Å². The van der Waals surface area contributed by atoms with Gasteiger partial charge in [-0.2, -0.15) is 0 Å². The summed E-state index contributed by atoms with van der Waals surface area (Å²) in [6.45, 7) is 2.47. The van der Waals surface area contributed by atoms with Crippen LogP contribution in [0.3, 0.4) is 0 Å². The predicted octanol–water partition coefficient (Wildman–Crippen LogP) is 1.85. The summed E-state index contributed by atoms with van der Waals surface area (Å²) in [5.41, 5.74) is -1.01. The van der Waals surface area contributed by atoms with Crippen LogP contribution in [0.5, 0.6) is 0 Å². The first-order chi connectivity index (χ1) is 15.7. The number of benzene rings is 2. The number of halogens is 1. The van der Waals surface area contributed by atoms with Gasteiger partial charge in [0.25, 0.3) is 11.6 Å². The van der Waals surface area contributed by atoms with Crippen LogP contribution in [0.2, 0.25) is 0 Å². The van der Waals surface area contributed by atoms with Crippen molar-refractivity contribution in [3.8, 4) is 0 Å². The van der Waals surface area contributed by atoms with Crippen LogP contribution in [-0.4, -0.2) is 65.3 Å². The van der Waals surface area contributed by atoms with Crippen LogP contribution in [0.1, 0.15) is 12.5 Å². The summed E-state index contributed by atoms with van der Waals surface area (Å²) in [6.07, 6.45) is 0. The molecule has 33 heavy (non-hydrogen) atoms. The molecule has 0 aromatic heterocycles. The fourth-order valence-corrected chi connectivity index (χ4v) is 4.11. The number of carbonyl (C=O) groups excluding carboxylic acids is 3. The number of anilines is 1. The zero-order chi connectivity index (χ0) is 23.8. The summed E-state index contributed by atoms with van der Waals surface area (Å²) in [5, 5.41) is 13.6. The molecular weight excluding hydrogens is 433 g/mol. The van der Waals surface area contributed by atoms with Gasteiger partial charge >= 0.3 is 6.03 Å². The minimum atomic E-state index is -1.52. The van der Waals surface area contributed by atoms with E-state index in [1.54, 1.807) is 18.2 Å². The van der Waals surface area contributed by atoms with Crippen LogP contribution in [-0.2, 0) is 15.1 Å². The molecule has 2 aliphatic heterocycles. The van der Waals surface area contributed by atoms with Gasteiger partial charge < -0.3 is 15.1 Å². The minimum Gasteiger partial charge on any atom is -0.366 e. The van der Waals surface area contributed by atoms with Crippen molar-refractivity contribution in [1.82, 2.24) is 15.1 Å². The second kappa shape index (κ2) is 8.49. The quantitative estimate of drug-likeness (QED) is 0.418. The molecule has 172 valence electrons. The van der Waals surface area contributed by atoms with Gasteiger partial charge in [0.05, 0.1) is 10.6 Å². The third-order valence-corrected chi connectivity index (χ3v) is 6.03. The largest absolute Gasteiger partial charge is 0.366 e. The number of imide groups is 1. The van der Waals surface area contributed by atoms with E-state index in [1.807, 2.05) is 4.90 Å². The van der Waals surface area contributed by atoms with Gasteiger partial charge in [-0.1, -0.05) is 24.3 Å². The lowest BCUT2D eigenvalue weighted by Crippen LogP contribution is -2.52. The molecule has 1 N–H and O–H groups in total. The first kappa shape index (κ1) is 22.2. The molecule has 0 bridgehead atoms. The van der Waals surface area contributed by atoms with Gasteiger partial charge in [0.2, 0.25) is 5.91 Å². The maximum absolute atomic E-state index is 14.0. The summed E-state index contributed by atoms with van der Waals surface area (Å²) in [7, 11) is 0. The molecule has 2 saturated heterocycles. The van der Waals surface area contributed by atoms with E-state index in [2.05, 4.69) is 5.32 Å². The minimum absolute atomic E-state index is 0.210. The SMILES string of the molecule is CC1(c2cccc([N+](=O)[O-])c2)NC(=O)N(CC(=O)N2CCN(c3ccccc3F)CC2)C1=O. The number of hydrogen-bond donors (Lipinski definition) is 1. The van der Waals surface area contributed by atoms with Crippen LogP contribution >= 0.6 is 0 Å². The smallest absolute Gasteiger partial charge is 0.325 e. The third kappa shape index (κ3) is 4.09. The number of amides is 4. The van der Waals surface area contributed by atoms with Gasteiger partial charge in [0.1, 0.15) is 17.9 Å². The van der Waals surface area contributed by atoms with E-state index < -0.39 is 34.9 Å². The van der Waals surface area contributed by atoms with Crippen molar-refractivity contribution < 1.29 is 23.7 Å². The van der Waals surface area contributed by atoms with Gasteiger partial charge in [0, 0.05) is 38.3 Å². The second-order valence-electron chi connectivity index (χ2n) is 8.07. The summed E-state index contributed by atoms with van der Waals surface area (Å²) in [5.74, 6) is -1.40. The van der Waals surface area contributed by atoms with E-state index in [0.29, 0.717) is 31.9 Å². The van der Waals surface area contributed by atoms with E-state index in [-0.39, 0.29) is 17.1 Å². The van der Waals surface area contributed by atoms with Gasteiger partial charge in [0.15, 0.2) is 0 Å². The molecule has 1 unspecified atom stereocenters. The number of carbonyl (C=O) groups is 3. The van der Waals surface area contributed by atoms with Crippen LogP contribution in [0.25, 0.3) is 0 Å². The molecule has 0 saturated carbocycles. The zero-order valence-corrected chi connectivity index (χ0v) is 17.9. The Bertz CT molecular complexity index is 1130. The summed E-state index contributed by atoms with van der Waals surface area (Å²) in [4.78, 5) is 53.1. The highest BCUT2D eigenvalue weighted by Crippen LogP contribution is 2.31. The number of rotatable bonds is 5. The highest BCUT2D eigenvalue weighted by atomic mass is 19.1. The number of urea groups is 1. The van der Waals surface area contributed by atoms with Crippen LogP contribution < -0.4 is 10.2 Å². The highest BCUT2D eigenvalue weighted by Gasteiger charge is 2.50. The third-order valence-electron chi connectivity index (χ3n) is 6.03. The molecule has 0 radical (unpaired) electrons. The van der Waals surface area contributed by atoms with Crippen molar-refractivity contribution in [3.63, 3.8) is 0 Å². The Hall–Kier alpha value is -4.02. The number of hydrogen-bond acceptors (Lipinski definition) is 6. The summed E-state index contributed by atoms with van der Waals surface area (Å²) in [6, 6.07) is 11.1. The normalized spacial score (nSPS) is 20.7. The van der Waals surface area contributed by atoms with E-state index >= 15 is 0 Å².